The van der Waals surface area contributed by atoms with Crippen molar-refractivity contribution in [3.63, 3.8) is 0 Å². The molecule has 4 heteroatoms. The molecule has 0 saturated heterocycles. The second-order valence-electron chi connectivity index (χ2n) is 4.68. The van der Waals surface area contributed by atoms with Crippen molar-refractivity contribution in [3.05, 3.63) is 54.6 Å². The number of rotatable bonds is 7. The topological polar surface area (TPSA) is 50.4 Å². The number of hydrogen-bond donors (Lipinski definition) is 2. The second-order valence-corrected chi connectivity index (χ2v) is 4.68. The molecule has 0 radical (unpaired) electrons. The predicted octanol–water partition coefficient (Wildman–Crippen LogP) is 2.24. The highest BCUT2D eigenvalue weighted by Crippen LogP contribution is 2.28. The zero-order valence-electron chi connectivity index (χ0n) is 12.2. The maximum atomic E-state index is 11.6. The van der Waals surface area contributed by atoms with Crippen molar-refractivity contribution in [1.82, 2.24) is 10.6 Å². The highest BCUT2D eigenvalue weighted by molar-refractivity contribution is 5.88. The number of fused-ring (bicyclic) bond motifs is 1. The molecule has 0 spiro atoms. The van der Waals surface area contributed by atoms with Gasteiger partial charge in [0.2, 0.25) is 0 Å². The molecule has 0 aromatic heterocycles. The molecule has 110 valence electrons. The summed E-state index contributed by atoms with van der Waals surface area (Å²) in [4.78, 5) is 11.6. The van der Waals surface area contributed by atoms with Crippen LogP contribution in [0.3, 0.4) is 0 Å². The predicted molar refractivity (Wildman–Crippen MR) is 85.4 cm³/mol. The molecule has 1 amide bonds. The molecule has 0 bridgehead atoms. The Morgan fingerprint density at radius 1 is 1.29 bits per heavy atom. The summed E-state index contributed by atoms with van der Waals surface area (Å²) in [5.41, 5.74) is 1.06. The summed E-state index contributed by atoms with van der Waals surface area (Å²) in [6, 6.07) is 12.1. The molecule has 0 saturated carbocycles. The number of hydrogen-bond acceptors (Lipinski definition) is 3. The number of carbonyl (C=O) groups is 1. The number of ether oxygens (including phenoxy) is 1. The van der Waals surface area contributed by atoms with E-state index in [2.05, 4.69) is 29.3 Å². The van der Waals surface area contributed by atoms with Crippen molar-refractivity contribution in [1.29, 1.82) is 0 Å². The van der Waals surface area contributed by atoms with Crippen LogP contribution in [-0.2, 0) is 11.3 Å². The number of amides is 1. The van der Waals surface area contributed by atoms with Gasteiger partial charge in [0.1, 0.15) is 5.75 Å². The molecule has 2 N–H and O–H groups in total. The first-order valence-electron chi connectivity index (χ1n) is 6.92. The number of carbonyl (C=O) groups excluding carboxylic acids is 1. The van der Waals surface area contributed by atoms with Crippen LogP contribution in [0, 0.1) is 0 Å². The van der Waals surface area contributed by atoms with Gasteiger partial charge < -0.3 is 15.4 Å². The van der Waals surface area contributed by atoms with Gasteiger partial charge >= 0.3 is 0 Å². The summed E-state index contributed by atoms with van der Waals surface area (Å²) in [6.45, 7) is 4.70. The second kappa shape index (κ2) is 7.45. The van der Waals surface area contributed by atoms with E-state index in [1.54, 1.807) is 6.08 Å². The van der Waals surface area contributed by atoms with E-state index in [0.29, 0.717) is 13.1 Å². The highest BCUT2D eigenvalue weighted by atomic mass is 16.5. The SMILES string of the molecule is C=CCNC(=O)COc1ccc2ccccc2c1CNC. The molecular weight excluding hydrogens is 264 g/mol. The van der Waals surface area contributed by atoms with E-state index in [1.807, 2.05) is 31.3 Å². The molecular formula is C17H20N2O2. The summed E-state index contributed by atoms with van der Waals surface area (Å²) in [5.74, 6) is 0.579. The highest BCUT2D eigenvalue weighted by Gasteiger charge is 2.09. The average Bonchev–Trinajstić information content (AvgIpc) is 2.52. The summed E-state index contributed by atoms with van der Waals surface area (Å²) < 4.78 is 5.67. The summed E-state index contributed by atoms with van der Waals surface area (Å²) >= 11 is 0. The van der Waals surface area contributed by atoms with Gasteiger partial charge in [-0.1, -0.05) is 36.4 Å². The Kier molecular flexibility index (Phi) is 5.35. The first-order valence-corrected chi connectivity index (χ1v) is 6.92. The third-order valence-electron chi connectivity index (χ3n) is 3.15. The molecule has 21 heavy (non-hydrogen) atoms. The van der Waals surface area contributed by atoms with Gasteiger partial charge in [-0.15, -0.1) is 6.58 Å². The van der Waals surface area contributed by atoms with Gasteiger partial charge in [0.15, 0.2) is 6.61 Å². The largest absolute Gasteiger partial charge is 0.483 e. The van der Waals surface area contributed by atoms with Crippen molar-refractivity contribution < 1.29 is 9.53 Å². The third-order valence-corrected chi connectivity index (χ3v) is 3.15. The first kappa shape index (κ1) is 15.1. The summed E-state index contributed by atoms with van der Waals surface area (Å²) in [6.07, 6.45) is 1.64. The molecule has 0 unspecified atom stereocenters. The lowest BCUT2D eigenvalue weighted by molar-refractivity contribution is -0.122. The van der Waals surface area contributed by atoms with Gasteiger partial charge in [0, 0.05) is 18.7 Å². The molecule has 2 aromatic carbocycles. The molecule has 2 aromatic rings. The lowest BCUT2D eigenvalue weighted by Crippen LogP contribution is -2.29. The molecule has 0 atom stereocenters. The first-order chi connectivity index (χ1) is 10.3. The lowest BCUT2D eigenvalue weighted by Gasteiger charge is -2.14. The Morgan fingerprint density at radius 2 is 2.10 bits per heavy atom. The lowest BCUT2D eigenvalue weighted by atomic mass is 10.0. The molecule has 0 fully saturated rings. The normalized spacial score (nSPS) is 10.3. The van der Waals surface area contributed by atoms with E-state index in [-0.39, 0.29) is 12.5 Å². The molecule has 0 heterocycles. The molecule has 0 aliphatic heterocycles. The molecule has 4 nitrogen and oxygen atoms in total. The van der Waals surface area contributed by atoms with E-state index in [0.717, 1.165) is 22.1 Å². The Morgan fingerprint density at radius 3 is 2.86 bits per heavy atom. The van der Waals surface area contributed by atoms with E-state index in [4.69, 9.17) is 4.74 Å². The number of benzene rings is 2. The molecule has 2 rings (SSSR count). The van der Waals surface area contributed by atoms with Crippen LogP contribution in [0.2, 0.25) is 0 Å². The van der Waals surface area contributed by atoms with Crippen LogP contribution in [0.15, 0.2) is 49.1 Å². The standard InChI is InChI=1S/C17H20N2O2/c1-3-10-19-17(20)12-21-16-9-8-13-6-4-5-7-14(13)15(16)11-18-2/h3-9,18H,1,10-12H2,2H3,(H,19,20). The quantitative estimate of drug-likeness (QED) is 0.767. The van der Waals surface area contributed by atoms with Gasteiger partial charge in [0.05, 0.1) is 0 Å². The van der Waals surface area contributed by atoms with Crippen LogP contribution < -0.4 is 15.4 Å². The fraction of sp³-hybridized carbons (Fsp3) is 0.235. The zero-order chi connectivity index (χ0) is 15.1. The van der Waals surface area contributed by atoms with E-state index < -0.39 is 0 Å². The average molecular weight is 284 g/mol. The fourth-order valence-corrected chi connectivity index (χ4v) is 2.19. The number of nitrogens with one attached hydrogen (secondary N) is 2. The van der Waals surface area contributed by atoms with Crippen LogP contribution in [0.5, 0.6) is 5.75 Å². The Bertz CT molecular complexity index is 638. The maximum Gasteiger partial charge on any atom is 0.258 e. The van der Waals surface area contributed by atoms with Crippen LogP contribution in [0.1, 0.15) is 5.56 Å². The molecule has 0 aliphatic rings. The van der Waals surface area contributed by atoms with Gasteiger partial charge in [-0.25, -0.2) is 0 Å². The van der Waals surface area contributed by atoms with E-state index in [9.17, 15) is 4.79 Å². The minimum Gasteiger partial charge on any atom is -0.483 e. The Hall–Kier alpha value is -2.33. The van der Waals surface area contributed by atoms with Gasteiger partial charge in [0.25, 0.3) is 5.91 Å². The van der Waals surface area contributed by atoms with Crippen molar-refractivity contribution in [2.75, 3.05) is 20.2 Å². The van der Waals surface area contributed by atoms with Crippen LogP contribution in [0.4, 0.5) is 0 Å². The van der Waals surface area contributed by atoms with Crippen LogP contribution >= 0.6 is 0 Å². The summed E-state index contributed by atoms with van der Waals surface area (Å²) in [7, 11) is 1.89. The van der Waals surface area contributed by atoms with E-state index >= 15 is 0 Å². The van der Waals surface area contributed by atoms with Gasteiger partial charge in [-0.2, -0.15) is 0 Å². The third kappa shape index (κ3) is 3.83. The summed E-state index contributed by atoms with van der Waals surface area (Å²) in [5, 5.41) is 8.13. The molecule has 0 aliphatic carbocycles. The fourth-order valence-electron chi connectivity index (χ4n) is 2.19. The minimum absolute atomic E-state index is 0.00287. The monoisotopic (exact) mass is 284 g/mol. The van der Waals surface area contributed by atoms with Crippen LogP contribution in [-0.4, -0.2) is 26.1 Å². The maximum absolute atomic E-state index is 11.6. The van der Waals surface area contributed by atoms with E-state index in [1.165, 1.54) is 0 Å². The van der Waals surface area contributed by atoms with Crippen LogP contribution in [0.25, 0.3) is 10.8 Å². The van der Waals surface area contributed by atoms with Crippen molar-refractivity contribution in [2.45, 2.75) is 6.54 Å². The van der Waals surface area contributed by atoms with Crippen molar-refractivity contribution in [2.24, 2.45) is 0 Å². The van der Waals surface area contributed by atoms with Gasteiger partial charge in [-0.3, -0.25) is 4.79 Å². The van der Waals surface area contributed by atoms with Gasteiger partial charge in [-0.05, 0) is 23.9 Å². The van der Waals surface area contributed by atoms with Crippen molar-refractivity contribution in [3.8, 4) is 5.75 Å². The Balaban J connectivity index is 2.20. The Labute approximate surface area is 124 Å². The van der Waals surface area contributed by atoms with Crippen molar-refractivity contribution >= 4 is 16.7 Å². The minimum atomic E-state index is -0.154. The zero-order valence-corrected chi connectivity index (χ0v) is 12.2. The smallest absolute Gasteiger partial charge is 0.258 e.